The fourth-order valence-electron chi connectivity index (χ4n) is 3.34. The molecule has 0 spiro atoms. The third kappa shape index (κ3) is 8.61. The van der Waals surface area contributed by atoms with Gasteiger partial charge in [0.15, 0.2) is 0 Å². The zero-order chi connectivity index (χ0) is 21.7. The zero-order valence-corrected chi connectivity index (χ0v) is 24.8. The third-order valence-corrected chi connectivity index (χ3v) is 5.14. The van der Waals surface area contributed by atoms with Gasteiger partial charge in [0.05, 0.1) is 0 Å². The average molecular weight is 551 g/mol. The Morgan fingerprint density at radius 3 is 2.03 bits per heavy atom. The average Bonchev–Trinajstić information content (AvgIpc) is 3.29. The van der Waals surface area contributed by atoms with Crippen LogP contribution in [-0.4, -0.2) is 5.43 Å². The zero-order valence-electron chi connectivity index (χ0n) is 19.8. The van der Waals surface area contributed by atoms with Gasteiger partial charge in [0.1, 0.15) is 11.5 Å². The summed E-state index contributed by atoms with van der Waals surface area (Å²) in [4.78, 5) is 0. The Kier molecular flexibility index (Phi) is 13.4. The maximum absolute atomic E-state index is 5.69. The van der Waals surface area contributed by atoms with E-state index in [9.17, 15) is 0 Å². The monoisotopic (exact) mass is 548 g/mol. The van der Waals surface area contributed by atoms with E-state index >= 15 is 0 Å². The van der Waals surface area contributed by atoms with Crippen LogP contribution in [0.4, 0.5) is 0 Å². The molecule has 1 heterocycles. The number of furan rings is 1. The van der Waals surface area contributed by atoms with Crippen LogP contribution < -0.4 is 24.8 Å². The Morgan fingerprint density at radius 2 is 1.61 bits per heavy atom. The van der Waals surface area contributed by atoms with Crippen molar-refractivity contribution in [2.75, 3.05) is 0 Å². The fourth-order valence-corrected chi connectivity index (χ4v) is 3.34. The first-order valence-corrected chi connectivity index (χ1v) is 16.3. The maximum atomic E-state index is 5.69. The van der Waals surface area contributed by atoms with Gasteiger partial charge in [0, 0.05) is 0 Å². The number of rotatable bonds is 1. The Balaban J connectivity index is 0.000000516. The molecule has 1 atom stereocenters. The van der Waals surface area contributed by atoms with Crippen molar-refractivity contribution in [3.8, 4) is 11.3 Å². The van der Waals surface area contributed by atoms with Crippen LogP contribution in [0.15, 0.2) is 63.6 Å². The van der Waals surface area contributed by atoms with Crippen LogP contribution in [0.25, 0.3) is 22.1 Å². The molecule has 1 aliphatic carbocycles. The molecule has 1 aliphatic rings. The van der Waals surface area contributed by atoms with Gasteiger partial charge in [0.2, 0.25) is 0 Å². The summed E-state index contributed by atoms with van der Waals surface area (Å²) < 4.78 is 5.69. The van der Waals surface area contributed by atoms with Crippen LogP contribution in [0.2, 0.25) is 13.1 Å². The second-order valence-corrected chi connectivity index (χ2v) is 17.4. The molecule has 166 valence electrons. The molecule has 1 unspecified atom stereocenters. The Bertz CT molecular complexity index is 1070. The number of hydrogen-bond acceptors (Lipinski definition) is 1. The van der Waals surface area contributed by atoms with Crippen molar-refractivity contribution in [1.29, 1.82) is 0 Å². The summed E-state index contributed by atoms with van der Waals surface area (Å²) in [6.45, 7) is 17.4. The van der Waals surface area contributed by atoms with Crippen molar-refractivity contribution in [3.05, 3.63) is 76.6 Å². The van der Waals surface area contributed by atoms with E-state index in [-0.39, 0.29) is 30.2 Å². The minimum atomic E-state index is 0. The largest absolute Gasteiger partial charge is 1.00 e. The second-order valence-electron chi connectivity index (χ2n) is 8.05. The van der Waals surface area contributed by atoms with Crippen molar-refractivity contribution in [2.24, 2.45) is 5.92 Å². The molecule has 4 rings (SSSR count). The number of allylic oxidation sites excluding steroid dienone is 4. The summed E-state index contributed by atoms with van der Waals surface area (Å²) in [6, 6.07) is 14.8. The van der Waals surface area contributed by atoms with Gasteiger partial charge in [-0.25, -0.2) is 5.57 Å². The predicted octanol–water partition coefficient (Wildman–Crippen LogP) is 1.95. The Labute approximate surface area is 215 Å². The van der Waals surface area contributed by atoms with Gasteiger partial charge in [-0.05, 0) is 24.6 Å². The van der Waals surface area contributed by atoms with Crippen LogP contribution >= 0.6 is 0 Å². The van der Waals surface area contributed by atoms with Crippen molar-refractivity contribution in [2.45, 2.75) is 54.6 Å². The van der Waals surface area contributed by atoms with Gasteiger partial charge >= 0.3 is 41.9 Å². The number of halogens is 2. The molecule has 3 aromatic rings. The quantitative estimate of drug-likeness (QED) is 0.334. The third-order valence-electron chi connectivity index (χ3n) is 5.14. The van der Waals surface area contributed by atoms with Gasteiger partial charge in [-0.2, -0.15) is 17.2 Å². The molecule has 1 nitrogen and oxygen atoms in total. The van der Waals surface area contributed by atoms with Crippen molar-refractivity contribution < 1.29 is 52.6 Å². The van der Waals surface area contributed by atoms with Gasteiger partial charge in [0.25, 0.3) is 0 Å². The number of benzene rings is 1. The topological polar surface area (TPSA) is 13.1 Å². The summed E-state index contributed by atoms with van der Waals surface area (Å²) in [5.41, 5.74) is 6.93. The van der Waals surface area contributed by atoms with Crippen LogP contribution in [0.1, 0.15) is 39.0 Å². The summed E-state index contributed by atoms with van der Waals surface area (Å²) in [7, 11) is 0. The maximum Gasteiger partial charge on any atom is 0.124 e. The van der Waals surface area contributed by atoms with Crippen LogP contribution in [0, 0.1) is 25.8 Å². The van der Waals surface area contributed by atoms with Crippen LogP contribution in [0.3, 0.4) is 0 Å². The van der Waals surface area contributed by atoms with E-state index in [0.717, 1.165) is 11.5 Å². The van der Waals surface area contributed by atoms with E-state index in [4.69, 9.17) is 4.42 Å². The Morgan fingerprint density at radius 1 is 1.00 bits per heavy atom. The summed E-state index contributed by atoms with van der Waals surface area (Å²) in [5.74, 6) is 2.47. The van der Waals surface area contributed by atoms with Crippen LogP contribution in [-0.2, 0) is 23.3 Å². The van der Waals surface area contributed by atoms with Crippen molar-refractivity contribution in [1.82, 2.24) is 0 Å². The molecule has 31 heavy (non-hydrogen) atoms. The molecule has 0 aliphatic heterocycles. The van der Waals surface area contributed by atoms with Gasteiger partial charge < -0.3 is 29.2 Å². The molecule has 1 aromatic heterocycles. The molecule has 0 saturated carbocycles. The fraction of sp³-hybridized carbons (Fsp3) is 0.346. The van der Waals surface area contributed by atoms with Crippen LogP contribution in [0.5, 0.6) is 0 Å². The van der Waals surface area contributed by atoms with Gasteiger partial charge in [-0.1, -0.05) is 39.7 Å². The summed E-state index contributed by atoms with van der Waals surface area (Å²) >= 11 is 1.74. The summed E-state index contributed by atoms with van der Waals surface area (Å²) in [5, 5.41) is 2.55. The van der Waals surface area contributed by atoms with E-state index in [2.05, 4.69) is 84.1 Å². The number of aryl methyl sites for hydroxylation is 2. The van der Waals surface area contributed by atoms with Crippen molar-refractivity contribution in [3.63, 3.8) is 0 Å². The molecule has 0 bridgehead atoms. The molecule has 5 heteroatoms. The molecule has 0 amide bonds. The van der Waals surface area contributed by atoms with Gasteiger partial charge in [-0.15, -0.1) is 41.5 Å². The molecule has 0 radical (unpaired) electrons. The normalized spacial score (nSPS) is 14.5. The number of fused-ring (bicyclic) bond motifs is 1. The minimum Gasteiger partial charge on any atom is -1.00 e. The molecule has 2 aromatic carbocycles. The first-order chi connectivity index (χ1) is 13.6. The molecule has 0 N–H and O–H groups in total. The van der Waals surface area contributed by atoms with E-state index in [1.165, 1.54) is 38.6 Å². The Hall–Kier alpha value is -0.730. The SMILES string of the molecule is CC1=[C-]C(C)C(C)=C1C.C[Si](C)=[Zr+2].Cc1cc2c(-c3ccc(C)o3)cccc2[cH-]1.[Cl-].[Cl-]. The van der Waals surface area contributed by atoms with Gasteiger partial charge in [-0.3, -0.25) is 6.08 Å². The minimum absolute atomic E-state index is 0. The smallest absolute Gasteiger partial charge is 0.124 e. The first-order valence-electron chi connectivity index (χ1n) is 10.1. The van der Waals surface area contributed by atoms with Crippen molar-refractivity contribution >= 4 is 16.2 Å². The number of hydrogen-bond donors (Lipinski definition) is 0. The molecule has 0 saturated heterocycles. The van der Waals surface area contributed by atoms with E-state index in [1.54, 1.807) is 23.3 Å². The molecular formula is C26H32Cl2OSiZr-2. The standard InChI is InChI=1S/C15H13O.C9H13.C2H6Si.2ClH.Zr/c1-10-8-12-4-3-5-13(14(12)9-10)15-7-6-11(2)16-15;1-6-5-7(2)9(4)8(6)3;1-3-2;;;/h3-9H,1-2H3;6H,1-4H3;1-2H3;2*1H;/q2*-1;;;;+2/p-2. The molecular weight excluding hydrogens is 519 g/mol. The summed E-state index contributed by atoms with van der Waals surface area (Å²) in [6.07, 6.45) is 3.36. The van der Waals surface area contributed by atoms with E-state index in [0.29, 0.717) is 5.92 Å². The van der Waals surface area contributed by atoms with E-state index in [1.807, 2.05) is 19.1 Å². The second kappa shape index (κ2) is 13.7. The first kappa shape index (κ1) is 30.3. The predicted molar refractivity (Wildman–Crippen MR) is 124 cm³/mol. The molecule has 0 fully saturated rings. The van der Waals surface area contributed by atoms with E-state index < -0.39 is 0 Å².